The van der Waals surface area contributed by atoms with E-state index in [9.17, 15) is 18.4 Å². The first-order valence-electron chi connectivity index (χ1n) is 11.4. The predicted octanol–water partition coefficient (Wildman–Crippen LogP) is 3.32. The molecule has 178 valence electrons. The summed E-state index contributed by atoms with van der Waals surface area (Å²) in [6.07, 6.45) is 4.20. The van der Waals surface area contributed by atoms with Gasteiger partial charge in [0.25, 0.3) is 5.91 Å². The van der Waals surface area contributed by atoms with Crippen LogP contribution in [0.2, 0.25) is 0 Å². The third-order valence-electron chi connectivity index (χ3n) is 6.94. The van der Waals surface area contributed by atoms with Crippen LogP contribution in [0.1, 0.15) is 43.2 Å². The number of likely N-dealkylation sites (tertiary alicyclic amines) is 1. The summed E-state index contributed by atoms with van der Waals surface area (Å²) in [5.74, 6) is -1.89. The molecule has 33 heavy (non-hydrogen) atoms. The third kappa shape index (κ3) is 4.93. The van der Waals surface area contributed by atoms with Crippen LogP contribution in [-0.2, 0) is 4.79 Å². The van der Waals surface area contributed by atoms with Gasteiger partial charge in [-0.2, -0.15) is 0 Å². The van der Waals surface area contributed by atoms with Crippen molar-refractivity contribution in [2.45, 2.75) is 44.7 Å². The molecule has 1 aromatic heterocycles. The molecule has 7 nitrogen and oxygen atoms in total. The number of amides is 2. The van der Waals surface area contributed by atoms with Crippen LogP contribution in [-0.4, -0.2) is 66.0 Å². The Hall–Kier alpha value is -2.81. The van der Waals surface area contributed by atoms with E-state index < -0.39 is 17.5 Å². The van der Waals surface area contributed by atoms with Gasteiger partial charge in [-0.15, -0.1) is 0 Å². The Morgan fingerprint density at radius 3 is 2.64 bits per heavy atom. The second kappa shape index (κ2) is 9.59. The largest absolute Gasteiger partial charge is 0.350 e. The number of carbonyl (C=O) groups excluding carboxylic acids is 2. The lowest BCUT2D eigenvalue weighted by Gasteiger charge is -2.42. The number of hydrogen-bond donors (Lipinski definition) is 1. The lowest BCUT2D eigenvalue weighted by atomic mass is 9.88. The molecule has 0 spiro atoms. The van der Waals surface area contributed by atoms with Crippen LogP contribution in [0.5, 0.6) is 0 Å². The zero-order valence-electron chi connectivity index (χ0n) is 19.2. The molecule has 0 unspecified atom stereocenters. The SMILES string of the molecule is C[C@@H]1CCC[C@H]1N1CC[C@@H](NC(=O)c2cc(-c3ccc(F)cc3F)no2)[C@H](C(=O)N(C)C)C1. The first-order chi connectivity index (χ1) is 15.7. The van der Waals surface area contributed by atoms with E-state index in [-0.39, 0.29) is 34.9 Å². The van der Waals surface area contributed by atoms with Crippen molar-refractivity contribution in [3.05, 3.63) is 41.7 Å². The lowest BCUT2D eigenvalue weighted by molar-refractivity contribution is -0.136. The van der Waals surface area contributed by atoms with Crippen LogP contribution >= 0.6 is 0 Å². The molecular formula is C24H30F2N4O3. The molecule has 4 rings (SSSR count). The number of nitrogens with one attached hydrogen (secondary N) is 1. The summed E-state index contributed by atoms with van der Waals surface area (Å²) in [5.41, 5.74) is 0.141. The average molecular weight is 461 g/mol. The molecule has 1 aliphatic carbocycles. The Morgan fingerprint density at radius 1 is 1.18 bits per heavy atom. The smallest absolute Gasteiger partial charge is 0.290 e. The quantitative estimate of drug-likeness (QED) is 0.741. The van der Waals surface area contributed by atoms with Gasteiger partial charge in [0, 0.05) is 57.0 Å². The van der Waals surface area contributed by atoms with E-state index in [2.05, 4.69) is 22.3 Å². The Balaban J connectivity index is 1.48. The maximum absolute atomic E-state index is 14.1. The number of aromatic nitrogens is 1. The zero-order chi connectivity index (χ0) is 23.7. The number of nitrogens with zero attached hydrogens (tertiary/aromatic N) is 3. The molecular weight excluding hydrogens is 430 g/mol. The van der Waals surface area contributed by atoms with Crippen LogP contribution in [0.4, 0.5) is 8.78 Å². The molecule has 0 radical (unpaired) electrons. The maximum Gasteiger partial charge on any atom is 0.290 e. The molecule has 2 aliphatic rings. The number of benzene rings is 1. The Bertz CT molecular complexity index is 1020. The van der Waals surface area contributed by atoms with Gasteiger partial charge < -0.3 is 14.7 Å². The van der Waals surface area contributed by atoms with Gasteiger partial charge in [-0.1, -0.05) is 18.5 Å². The maximum atomic E-state index is 14.1. The number of piperidine rings is 1. The van der Waals surface area contributed by atoms with Crippen LogP contribution < -0.4 is 5.32 Å². The molecule has 2 heterocycles. The first kappa shape index (κ1) is 23.4. The molecule has 2 fully saturated rings. The Kier molecular flexibility index (Phi) is 6.78. The minimum Gasteiger partial charge on any atom is -0.350 e. The minimum absolute atomic E-state index is 0.0257. The normalized spacial score (nSPS) is 25.7. The summed E-state index contributed by atoms with van der Waals surface area (Å²) in [6, 6.07) is 4.56. The van der Waals surface area contributed by atoms with Crippen molar-refractivity contribution in [2.24, 2.45) is 11.8 Å². The van der Waals surface area contributed by atoms with E-state index in [1.165, 1.54) is 25.0 Å². The van der Waals surface area contributed by atoms with E-state index in [0.717, 1.165) is 25.1 Å². The second-order valence-corrected chi connectivity index (χ2v) is 9.38. The average Bonchev–Trinajstić information content (AvgIpc) is 3.43. The highest BCUT2D eigenvalue weighted by Gasteiger charge is 2.40. The third-order valence-corrected chi connectivity index (χ3v) is 6.94. The summed E-state index contributed by atoms with van der Waals surface area (Å²) in [7, 11) is 3.44. The highest BCUT2D eigenvalue weighted by molar-refractivity contribution is 5.93. The van der Waals surface area contributed by atoms with E-state index in [1.54, 1.807) is 19.0 Å². The first-order valence-corrected chi connectivity index (χ1v) is 11.4. The summed E-state index contributed by atoms with van der Waals surface area (Å²) >= 11 is 0. The van der Waals surface area contributed by atoms with Gasteiger partial charge in [-0.05, 0) is 37.3 Å². The molecule has 1 aromatic carbocycles. The van der Waals surface area contributed by atoms with Crippen LogP contribution in [0, 0.1) is 23.5 Å². The fourth-order valence-corrected chi connectivity index (χ4v) is 5.15. The van der Waals surface area contributed by atoms with Gasteiger partial charge in [0.2, 0.25) is 11.7 Å². The van der Waals surface area contributed by atoms with Crippen molar-refractivity contribution in [1.82, 2.24) is 20.3 Å². The standard InChI is InChI=1S/C24H30F2N4O3/c1-14-5-4-6-21(14)30-10-9-19(17(13-30)24(32)29(2)3)27-23(31)22-12-20(28-33-22)16-8-7-15(25)11-18(16)26/h7-8,11-12,14,17,19,21H,4-6,9-10,13H2,1-3H3,(H,27,31)/t14-,17-,19-,21-/m1/s1. The summed E-state index contributed by atoms with van der Waals surface area (Å²) in [6.45, 7) is 3.67. The fourth-order valence-electron chi connectivity index (χ4n) is 5.15. The monoisotopic (exact) mass is 460 g/mol. The van der Waals surface area contributed by atoms with Crippen LogP contribution in [0.25, 0.3) is 11.3 Å². The molecule has 1 saturated carbocycles. The number of halogens is 2. The number of rotatable bonds is 5. The number of hydrogen-bond acceptors (Lipinski definition) is 5. The van der Waals surface area contributed by atoms with E-state index >= 15 is 0 Å². The van der Waals surface area contributed by atoms with Crippen molar-refractivity contribution in [1.29, 1.82) is 0 Å². The molecule has 9 heteroatoms. The molecule has 1 saturated heterocycles. The summed E-state index contributed by atoms with van der Waals surface area (Å²) in [4.78, 5) is 29.8. The van der Waals surface area contributed by atoms with E-state index in [4.69, 9.17) is 4.52 Å². The van der Waals surface area contributed by atoms with Gasteiger partial charge >= 0.3 is 0 Å². The van der Waals surface area contributed by atoms with Crippen LogP contribution in [0.15, 0.2) is 28.8 Å². The zero-order valence-corrected chi connectivity index (χ0v) is 19.2. The van der Waals surface area contributed by atoms with Gasteiger partial charge in [0.05, 0.1) is 5.92 Å². The lowest BCUT2D eigenvalue weighted by Crippen LogP contribution is -2.57. The van der Waals surface area contributed by atoms with Crippen molar-refractivity contribution in [2.75, 3.05) is 27.2 Å². The topological polar surface area (TPSA) is 78.7 Å². The van der Waals surface area contributed by atoms with Crippen molar-refractivity contribution in [3.63, 3.8) is 0 Å². The summed E-state index contributed by atoms with van der Waals surface area (Å²) in [5, 5.41) is 6.70. The van der Waals surface area contributed by atoms with Crippen LogP contribution in [0.3, 0.4) is 0 Å². The highest BCUT2D eigenvalue weighted by Crippen LogP contribution is 2.33. The van der Waals surface area contributed by atoms with E-state index in [1.807, 2.05) is 0 Å². The fraction of sp³-hybridized carbons (Fsp3) is 0.542. The van der Waals surface area contributed by atoms with Crippen molar-refractivity contribution >= 4 is 11.8 Å². The molecule has 0 bridgehead atoms. The Morgan fingerprint density at radius 2 is 1.97 bits per heavy atom. The molecule has 1 aliphatic heterocycles. The minimum atomic E-state index is -0.791. The van der Waals surface area contributed by atoms with Crippen molar-refractivity contribution < 1.29 is 22.9 Å². The highest BCUT2D eigenvalue weighted by atomic mass is 19.1. The van der Waals surface area contributed by atoms with E-state index in [0.29, 0.717) is 24.9 Å². The predicted molar refractivity (Wildman–Crippen MR) is 118 cm³/mol. The van der Waals surface area contributed by atoms with Gasteiger partial charge in [-0.25, -0.2) is 8.78 Å². The molecule has 4 atom stereocenters. The summed E-state index contributed by atoms with van der Waals surface area (Å²) < 4.78 is 32.4. The number of carbonyl (C=O) groups is 2. The molecule has 2 aromatic rings. The second-order valence-electron chi connectivity index (χ2n) is 9.38. The van der Waals surface area contributed by atoms with Gasteiger partial charge in [0.1, 0.15) is 17.3 Å². The van der Waals surface area contributed by atoms with Crippen molar-refractivity contribution in [3.8, 4) is 11.3 Å². The van der Waals surface area contributed by atoms with Gasteiger partial charge in [-0.3, -0.25) is 14.5 Å². The molecule has 1 N–H and O–H groups in total. The molecule has 2 amide bonds. The Labute approximate surface area is 192 Å². The van der Waals surface area contributed by atoms with Gasteiger partial charge in [0.15, 0.2) is 0 Å².